The van der Waals surface area contributed by atoms with Crippen LogP contribution in [0, 0.1) is 23.0 Å². The van der Waals surface area contributed by atoms with Gasteiger partial charge in [0.25, 0.3) is 0 Å². The van der Waals surface area contributed by atoms with Crippen LogP contribution in [0.1, 0.15) is 40.0 Å². The fraction of sp³-hybridized carbons (Fsp3) is 0.958. The molecule has 2 amide bonds. The zero-order valence-electron chi connectivity index (χ0n) is 21.3. The number of nitrogens with one attached hydrogen (secondary N) is 5. The molecule has 10 nitrogen and oxygen atoms in total. The summed E-state index contributed by atoms with van der Waals surface area (Å²) in [6, 6.07) is -1.96. The van der Waals surface area contributed by atoms with Gasteiger partial charge in [-0.2, -0.15) is 0 Å². The van der Waals surface area contributed by atoms with Gasteiger partial charge in [-0.1, -0.05) is 6.92 Å². The first-order valence-corrected chi connectivity index (χ1v) is 13.8. The Hall–Kier alpha value is -1.15. The van der Waals surface area contributed by atoms with E-state index in [1.54, 1.807) is 4.90 Å². The van der Waals surface area contributed by atoms with Crippen molar-refractivity contribution in [3.05, 3.63) is 5.21 Å². The Morgan fingerprint density at radius 1 is 1.14 bits per heavy atom. The van der Waals surface area contributed by atoms with Crippen LogP contribution in [0.5, 0.6) is 0 Å². The zero-order valence-corrected chi connectivity index (χ0v) is 21.3. The third kappa shape index (κ3) is 3.87. The van der Waals surface area contributed by atoms with Crippen LogP contribution < -0.4 is 26.3 Å². The molecule has 5 heterocycles. The van der Waals surface area contributed by atoms with Crippen LogP contribution in [-0.2, 0) is 4.74 Å². The summed E-state index contributed by atoms with van der Waals surface area (Å²) >= 11 is 0. The van der Waals surface area contributed by atoms with Gasteiger partial charge >= 0.3 is 6.03 Å². The number of quaternary nitrogens is 1. The van der Waals surface area contributed by atoms with Crippen molar-refractivity contribution in [3.63, 3.8) is 0 Å². The normalized spacial score (nSPS) is 53.8. The van der Waals surface area contributed by atoms with Gasteiger partial charge in [0.1, 0.15) is 18.4 Å². The Labute approximate surface area is 211 Å². The van der Waals surface area contributed by atoms with E-state index in [4.69, 9.17) is 4.74 Å². The molecule has 5 saturated heterocycles. The summed E-state index contributed by atoms with van der Waals surface area (Å²) in [5.74, 6) is -1.27. The topological polar surface area (TPSA) is 108 Å². The number of amides is 2. The largest absolute Gasteiger partial charge is 0.632 e. The number of carbonyl (C=O) groups excluding carboxylic acids is 1. The Balaban J connectivity index is 1.46. The molecule has 5 N–H and O–H groups in total. The lowest BCUT2D eigenvalue weighted by Crippen LogP contribution is -3.22. The number of piperidine rings is 1. The number of rotatable bonds is 1. The standard InChI is InChI=1S/C24H41F2N7O3/c1-11-4-5-15(25)17-19-16(26)8-14-21(31-7-6-27-9-12(31)2)30-24(34)32(23(14)33(19)35)18-13(3)28-10-29-22(18)36-20(11)17/h11-23,27-29,33H,4-10H2,1-3H3,(H,30,34)/t11?,12-,13?,14?,15?,16?,17?,18?,19?,20?,21?,22?,23?/m0/s1. The summed E-state index contributed by atoms with van der Waals surface area (Å²) in [7, 11) is 0. The number of hydrogen-bond donors (Lipinski definition) is 5. The van der Waals surface area contributed by atoms with E-state index in [-0.39, 0.29) is 35.5 Å². The molecular formula is C24H41F2N7O3. The van der Waals surface area contributed by atoms with E-state index in [9.17, 15) is 10.0 Å². The molecule has 6 aliphatic rings. The lowest BCUT2D eigenvalue weighted by atomic mass is 9.70. The second-order valence-electron chi connectivity index (χ2n) is 11.9. The van der Waals surface area contributed by atoms with Crippen molar-refractivity contribution in [2.75, 3.05) is 26.3 Å². The molecule has 13 unspecified atom stereocenters. The summed E-state index contributed by atoms with van der Waals surface area (Å²) in [5.41, 5.74) is 0. The molecule has 2 bridgehead atoms. The maximum Gasteiger partial charge on any atom is 0.323 e. The SMILES string of the molecule is CC1CCC(F)C2C1OC1NCNC(C)C1N1C(=O)NC(N3CCNC[C@@H]3C)C3CC(F)C2[NH+]([O-])C31. The molecule has 0 aromatic heterocycles. The summed E-state index contributed by atoms with van der Waals surface area (Å²) < 4.78 is 38.4. The maximum absolute atomic E-state index is 16.2. The number of halogens is 2. The molecule has 0 radical (unpaired) electrons. The van der Waals surface area contributed by atoms with Crippen LogP contribution in [-0.4, -0.2) is 103 Å². The number of nitrogens with zero attached hydrogens (tertiary/aromatic N) is 2. The number of carbonyl (C=O) groups is 1. The third-order valence-electron chi connectivity index (χ3n) is 9.88. The molecule has 5 aliphatic heterocycles. The molecule has 0 aromatic rings. The average molecular weight is 514 g/mol. The van der Waals surface area contributed by atoms with Crippen LogP contribution in [0.4, 0.5) is 13.6 Å². The maximum atomic E-state index is 16.2. The van der Waals surface area contributed by atoms with Crippen LogP contribution >= 0.6 is 0 Å². The summed E-state index contributed by atoms with van der Waals surface area (Å²) in [6.45, 7) is 8.77. The van der Waals surface area contributed by atoms with E-state index in [1.165, 1.54) is 0 Å². The number of hydroxylamine groups is 2. The van der Waals surface area contributed by atoms with Gasteiger partial charge in [0.2, 0.25) is 0 Å². The van der Waals surface area contributed by atoms with Gasteiger partial charge in [-0.05, 0) is 39.0 Å². The molecule has 6 rings (SSSR count). The van der Waals surface area contributed by atoms with Gasteiger partial charge in [0.15, 0.2) is 12.3 Å². The number of ether oxygens (including phenoxy) is 1. The van der Waals surface area contributed by atoms with E-state index >= 15 is 8.78 Å². The second-order valence-corrected chi connectivity index (χ2v) is 11.9. The van der Waals surface area contributed by atoms with Crippen LogP contribution in [0.3, 0.4) is 0 Å². The van der Waals surface area contributed by atoms with Crippen molar-refractivity contribution in [2.24, 2.45) is 17.8 Å². The number of fused-ring (bicyclic) bond motifs is 5. The Morgan fingerprint density at radius 3 is 2.72 bits per heavy atom. The highest BCUT2D eigenvalue weighted by atomic mass is 19.1. The van der Waals surface area contributed by atoms with E-state index in [0.29, 0.717) is 26.1 Å². The van der Waals surface area contributed by atoms with Crippen molar-refractivity contribution < 1.29 is 23.4 Å². The molecule has 0 spiro atoms. The Morgan fingerprint density at radius 2 is 1.94 bits per heavy atom. The lowest BCUT2D eigenvalue weighted by molar-refractivity contribution is -0.933. The van der Waals surface area contributed by atoms with Crippen molar-refractivity contribution in [3.8, 4) is 0 Å². The van der Waals surface area contributed by atoms with Gasteiger partial charge in [-0.15, -0.1) is 0 Å². The lowest BCUT2D eigenvalue weighted by Gasteiger charge is -2.60. The van der Waals surface area contributed by atoms with Crippen LogP contribution in [0.2, 0.25) is 0 Å². The van der Waals surface area contributed by atoms with Crippen molar-refractivity contribution in [2.45, 2.75) is 101 Å². The molecule has 12 heteroatoms. The molecule has 0 aromatic carbocycles. The number of hydrogen-bond acceptors (Lipinski definition) is 7. The van der Waals surface area contributed by atoms with Crippen LogP contribution in [0.25, 0.3) is 0 Å². The number of urea groups is 1. The minimum atomic E-state index is -1.47. The van der Waals surface area contributed by atoms with E-state index in [2.05, 4.69) is 33.1 Å². The number of alkyl halides is 2. The highest BCUT2D eigenvalue weighted by molar-refractivity contribution is 5.76. The van der Waals surface area contributed by atoms with Gasteiger partial charge in [-0.3, -0.25) is 20.4 Å². The van der Waals surface area contributed by atoms with Gasteiger partial charge in [0.05, 0.1) is 30.1 Å². The Bertz CT molecular complexity index is 844. The highest BCUT2D eigenvalue weighted by Crippen LogP contribution is 2.43. The molecule has 14 atom stereocenters. The highest BCUT2D eigenvalue weighted by Gasteiger charge is 2.63. The smallest absolute Gasteiger partial charge is 0.323 e. The first kappa shape index (κ1) is 25.1. The molecule has 36 heavy (non-hydrogen) atoms. The van der Waals surface area contributed by atoms with Crippen LogP contribution in [0.15, 0.2) is 0 Å². The molecule has 6 fully saturated rings. The van der Waals surface area contributed by atoms with Gasteiger partial charge in [-0.25, -0.2) is 13.6 Å². The van der Waals surface area contributed by atoms with Crippen molar-refractivity contribution >= 4 is 6.03 Å². The first-order valence-electron chi connectivity index (χ1n) is 13.8. The summed E-state index contributed by atoms with van der Waals surface area (Å²) in [6.07, 6.45) is -4.14. The quantitative estimate of drug-likeness (QED) is 0.289. The monoisotopic (exact) mass is 513 g/mol. The fourth-order valence-corrected chi connectivity index (χ4v) is 8.08. The predicted molar refractivity (Wildman–Crippen MR) is 128 cm³/mol. The van der Waals surface area contributed by atoms with Crippen molar-refractivity contribution in [1.29, 1.82) is 0 Å². The zero-order chi connectivity index (χ0) is 25.3. The molecular weight excluding hydrogens is 472 g/mol. The Kier molecular flexibility index (Phi) is 6.67. The van der Waals surface area contributed by atoms with Gasteiger partial charge in [0, 0.05) is 38.4 Å². The van der Waals surface area contributed by atoms with E-state index in [0.717, 1.165) is 13.1 Å². The summed E-state index contributed by atoms with van der Waals surface area (Å²) in [5, 5.41) is 27.2. The summed E-state index contributed by atoms with van der Waals surface area (Å²) in [4.78, 5) is 17.7. The minimum Gasteiger partial charge on any atom is -0.632 e. The second kappa shape index (κ2) is 9.55. The van der Waals surface area contributed by atoms with E-state index < -0.39 is 60.9 Å². The molecule has 1 saturated carbocycles. The fourth-order valence-electron chi connectivity index (χ4n) is 8.08. The van der Waals surface area contributed by atoms with Crippen molar-refractivity contribution in [1.82, 2.24) is 31.1 Å². The minimum absolute atomic E-state index is 0.00855. The average Bonchev–Trinajstić information content (AvgIpc) is 2.87. The third-order valence-corrected chi connectivity index (χ3v) is 9.88. The molecule has 1 aliphatic carbocycles. The van der Waals surface area contributed by atoms with E-state index in [1.807, 2.05) is 13.8 Å². The molecule has 204 valence electrons. The first-order chi connectivity index (χ1) is 17.3. The predicted octanol–water partition coefficient (Wildman–Crippen LogP) is -0.917. The number of piperazine rings is 1. The van der Waals surface area contributed by atoms with Gasteiger partial charge < -0.3 is 25.6 Å².